The number of aromatic nitrogens is 1. The van der Waals surface area contributed by atoms with Crippen LogP contribution in [0.1, 0.15) is 25.5 Å². The van der Waals surface area contributed by atoms with Crippen LogP contribution in [0.3, 0.4) is 0 Å². The Morgan fingerprint density at radius 1 is 1.41 bits per heavy atom. The monoisotopic (exact) mass is 264 g/mol. The van der Waals surface area contributed by atoms with Gasteiger partial charge in [-0.3, -0.25) is 0 Å². The fraction of sp³-hybridized carbons (Fsp3) is 0.308. The first-order valence-electron chi connectivity index (χ1n) is 5.71. The van der Waals surface area contributed by atoms with Gasteiger partial charge in [-0.15, -0.1) is 11.3 Å². The second-order valence-corrected chi connectivity index (χ2v) is 5.95. The number of pyridine rings is 1. The zero-order chi connectivity index (χ0) is 12.1. The molecule has 2 nitrogen and oxygen atoms in total. The van der Waals surface area contributed by atoms with Gasteiger partial charge in [-0.1, -0.05) is 30.8 Å². The Balaban J connectivity index is 2.21. The van der Waals surface area contributed by atoms with E-state index in [9.17, 15) is 0 Å². The second-order valence-electron chi connectivity index (χ2n) is 3.71. The first kappa shape index (κ1) is 12.6. The van der Waals surface area contributed by atoms with Crippen LogP contribution < -0.4 is 5.32 Å². The molecule has 1 N–H and O–H groups in total. The van der Waals surface area contributed by atoms with Crippen LogP contribution in [-0.4, -0.2) is 11.5 Å². The smallest absolute Gasteiger partial charge is 0.106 e. The summed E-state index contributed by atoms with van der Waals surface area (Å²) in [4.78, 5) is 4.49. The van der Waals surface area contributed by atoms with E-state index in [-0.39, 0.29) is 0 Å². The minimum Gasteiger partial charge on any atom is -0.310 e. The summed E-state index contributed by atoms with van der Waals surface area (Å²) in [7, 11) is 0. The van der Waals surface area contributed by atoms with Crippen LogP contribution in [0.4, 0.5) is 0 Å². The molecule has 0 aromatic carbocycles. The highest BCUT2D eigenvalue weighted by Gasteiger charge is 2.11. The average Bonchev–Trinajstić information content (AvgIpc) is 2.83. The largest absolute Gasteiger partial charge is 0.310 e. The standard InChI is InChI=1S/C13H16N2S2/c1-3-14-10(2)11-6-4-8-15-13(11)17-12-7-5-9-16-12/h4-10,14H,3H2,1-2H3. The summed E-state index contributed by atoms with van der Waals surface area (Å²) >= 11 is 3.50. The molecule has 17 heavy (non-hydrogen) atoms. The highest BCUT2D eigenvalue weighted by atomic mass is 32.2. The van der Waals surface area contributed by atoms with Crippen LogP contribution in [0, 0.1) is 0 Å². The van der Waals surface area contributed by atoms with Gasteiger partial charge in [0.1, 0.15) is 5.03 Å². The van der Waals surface area contributed by atoms with Crippen LogP contribution >= 0.6 is 23.1 Å². The molecule has 0 saturated carbocycles. The van der Waals surface area contributed by atoms with Crippen molar-refractivity contribution >= 4 is 23.1 Å². The van der Waals surface area contributed by atoms with E-state index in [1.165, 1.54) is 9.77 Å². The molecular formula is C13H16N2S2. The lowest BCUT2D eigenvalue weighted by Gasteiger charge is -2.15. The Labute approximate surface area is 110 Å². The third kappa shape index (κ3) is 3.31. The molecule has 0 aliphatic heterocycles. The van der Waals surface area contributed by atoms with E-state index in [0.717, 1.165) is 11.6 Å². The Bertz CT molecular complexity index is 454. The summed E-state index contributed by atoms with van der Waals surface area (Å²) < 4.78 is 1.29. The van der Waals surface area contributed by atoms with E-state index in [0.29, 0.717) is 6.04 Å². The van der Waals surface area contributed by atoms with Crippen LogP contribution in [0.5, 0.6) is 0 Å². The van der Waals surface area contributed by atoms with Crippen LogP contribution in [-0.2, 0) is 0 Å². The van der Waals surface area contributed by atoms with Gasteiger partial charge in [0.15, 0.2) is 0 Å². The van der Waals surface area contributed by atoms with Crippen molar-refractivity contribution < 1.29 is 0 Å². The van der Waals surface area contributed by atoms with Crippen molar-refractivity contribution in [1.82, 2.24) is 10.3 Å². The van der Waals surface area contributed by atoms with Gasteiger partial charge in [-0.25, -0.2) is 4.98 Å². The van der Waals surface area contributed by atoms with E-state index in [1.807, 2.05) is 12.3 Å². The zero-order valence-corrected chi connectivity index (χ0v) is 11.6. The fourth-order valence-electron chi connectivity index (χ4n) is 1.65. The first-order valence-corrected chi connectivity index (χ1v) is 7.40. The fourth-order valence-corrected chi connectivity index (χ4v) is 3.51. The zero-order valence-electron chi connectivity index (χ0n) is 10.0. The molecule has 0 aliphatic rings. The summed E-state index contributed by atoms with van der Waals surface area (Å²) in [5.74, 6) is 0. The molecule has 4 heteroatoms. The SMILES string of the molecule is CCNC(C)c1cccnc1Sc1cccs1. The first-order chi connectivity index (χ1) is 8.31. The minimum absolute atomic E-state index is 0.344. The summed E-state index contributed by atoms with van der Waals surface area (Å²) in [5.41, 5.74) is 1.27. The summed E-state index contributed by atoms with van der Waals surface area (Å²) in [6.07, 6.45) is 1.86. The Hall–Kier alpha value is -0.840. The van der Waals surface area contributed by atoms with Crippen molar-refractivity contribution in [2.75, 3.05) is 6.54 Å². The van der Waals surface area contributed by atoms with Gasteiger partial charge in [0.25, 0.3) is 0 Å². The minimum atomic E-state index is 0.344. The number of nitrogens with one attached hydrogen (secondary N) is 1. The molecule has 0 radical (unpaired) electrons. The van der Waals surface area contributed by atoms with Crippen LogP contribution in [0.15, 0.2) is 45.1 Å². The predicted molar refractivity (Wildman–Crippen MR) is 74.8 cm³/mol. The van der Waals surface area contributed by atoms with Crippen molar-refractivity contribution in [3.05, 3.63) is 41.4 Å². The average molecular weight is 264 g/mol. The van der Waals surface area contributed by atoms with E-state index in [1.54, 1.807) is 23.1 Å². The topological polar surface area (TPSA) is 24.9 Å². The number of hydrogen-bond donors (Lipinski definition) is 1. The lowest BCUT2D eigenvalue weighted by atomic mass is 10.1. The molecule has 0 saturated heterocycles. The van der Waals surface area contributed by atoms with Gasteiger partial charge >= 0.3 is 0 Å². The lowest BCUT2D eigenvalue weighted by molar-refractivity contribution is 0.585. The summed E-state index contributed by atoms with van der Waals surface area (Å²) in [6.45, 7) is 5.27. The van der Waals surface area contributed by atoms with Gasteiger partial charge in [0.2, 0.25) is 0 Å². The Kier molecular flexibility index (Phi) is 4.59. The normalized spacial score (nSPS) is 12.6. The molecular weight excluding hydrogens is 248 g/mol. The molecule has 2 aromatic rings. The highest BCUT2D eigenvalue weighted by molar-refractivity contribution is 8.01. The predicted octanol–water partition coefficient (Wildman–Crippen LogP) is 3.96. The highest BCUT2D eigenvalue weighted by Crippen LogP contribution is 2.33. The van der Waals surface area contributed by atoms with E-state index in [2.05, 4.69) is 47.7 Å². The van der Waals surface area contributed by atoms with Crippen molar-refractivity contribution in [1.29, 1.82) is 0 Å². The van der Waals surface area contributed by atoms with Crippen molar-refractivity contribution in [2.24, 2.45) is 0 Å². The molecule has 0 bridgehead atoms. The van der Waals surface area contributed by atoms with E-state index >= 15 is 0 Å². The molecule has 0 fully saturated rings. The third-order valence-electron chi connectivity index (χ3n) is 2.47. The van der Waals surface area contributed by atoms with E-state index in [4.69, 9.17) is 0 Å². The molecule has 2 aromatic heterocycles. The van der Waals surface area contributed by atoms with E-state index < -0.39 is 0 Å². The van der Waals surface area contributed by atoms with Crippen molar-refractivity contribution in [2.45, 2.75) is 29.1 Å². The third-order valence-corrected chi connectivity index (χ3v) is 4.54. The molecule has 1 atom stereocenters. The molecule has 0 spiro atoms. The maximum Gasteiger partial charge on any atom is 0.106 e. The van der Waals surface area contributed by atoms with Crippen molar-refractivity contribution in [3.63, 3.8) is 0 Å². The van der Waals surface area contributed by atoms with Crippen LogP contribution in [0.2, 0.25) is 0 Å². The lowest BCUT2D eigenvalue weighted by Crippen LogP contribution is -2.18. The molecule has 1 unspecified atom stereocenters. The molecule has 0 amide bonds. The van der Waals surface area contributed by atoms with Gasteiger partial charge in [0.05, 0.1) is 4.21 Å². The molecule has 90 valence electrons. The number of nitrogens with zero attached hydrogens (tertiary/aromatic N) is 1. The number of hydrogen-bond acceptors (Lipinski definition) is 4. The maximum atomic E-state index is 4.49. The number of thiophene rings is 1. The molecule has 2 rings (SSSR count). The Morgan fingerprint density at radius 2 is 2.29 bits per heavy atom. The van der Waals surface area contributed by atoms with Gasteiger partial charge < -0.3 is 5.32 Å². The Morgan fingerprint density at radius 3 is 3.00 bits per heavy atom. The summed E-state index contributed by atoms with van der Waals surface area (Å²) in [6, 6.07) is 8.70. The van der Waals surface area contributed by atoms with Gasteiger partial charge in [-0.2, -0.15) is 0 Å². The maximum absolute atomic E-state index is 4.49. The van der Waals surface area contributed by atoms with Crippen LogP contribution in [0.25, 0.3) is 0 Å². The summed E-state index contributed by atoms with van der Waals surface area (Å²) in [5, 5.41) is 6.63. The second kappa shape index (κ2) is 6.19. The number of rotatable bonds is 5. The molecule has 2 heterocycles. The quantitative estimate of drug-likeness (QED) is 0.884. The van der Waals surface area contributed by atoms with Crippen molar-refractivity contribution in [3.8, 4) is 0 Å². The van der Waals surface area contributed by atoms with Gasteiger partial charge in [-0.05, 0) is 31.0 Å². The molecule has 0 aliphatic carbocycles. The van der Waals surface area contributed by atoms with Gasteiger partial charge in [0, 0.05) is 17.8 Å².